The van der Waals surface area contributed by atoms with Crippen molar-refractivity contribution in [3.8, 4) is 67.5 Å². The molecule has 5 nitrogen and oxygen atoms in total. The van der Waals surface area contributed by atoms with Crippen molar-refractivity contribution in [2.24, 2.45) is 0 Å². The Morgan fingerprint density at radius 3 is 2.07 bits per heavy atom. The summed E-state index contributed by atoms with van der Waals surface area (Å²) in [5.41, 5.74) is 13.6. The Balaban J connectivity index is 0.00000436. The van der Waals surface area contributed by atoms with Gasteiger partial charge in [0.2, 0.25) is 0 Å². The van der Waals surface area contributed by atoms with Crippen LogP contribution in [0.3, 0.4) is 0 Å². The summed E-state index contributed by atoms with van der Waals surface area (Å²) in [6, 6.07) is 59.6. The van der Waals surface area contributed by atoms with Crippen molar-refractivity contribution in [1.29, 1.82) is 0 Å². The van der Waals surface area contributed by atoms with Crippen LogP contribution in [-0.2, 0) is 26.5 Å². The van der Waals surface area contributed by atoms with Crippen LogP contribution in [0.25, 0.3) is 94.7 Å². The van der Waals surface area contributed by atoms with Crippen LogP contribution < -0.4 is 0 Å². The first-order chi connectivity index (χ1) is 27.8. The third-order valence-corrected chi connectivity index (χ3v) is 10.8. The summed E-state index contributed by atoms with van der Waals surface area (Å²) in [5, 5.41) is 13.8. The Labute approximate surface area is 351 Å². The van der Waals surface area contributed by atoms with Crippen LogP contribution in [0.5, 0.6) is 5.75 Å². The zero-order valence-corrected chi connectivity index (χ0v) is 34.5. The number of pyridine rings is 1. The van der Waals surface area contributed by atoms with Gasteiger partial charge in [-0.25, -0.2) is 4.98 Å². The fraction of sp³-hybridized carbons (Fsp3) is 0.0769. The topological polar surface area (TPSA) is 64.1 Å². The number of phenolic OH excluding ortho intramolecular Hbond substituents is 1. The number of phenols is 1. The van der Waals surface area contributed by atoms with Crippen molar-refractivity contribution in [3.63, 3.8) is 0 Å². The largest absolute Gasteiger partial charge is 0.507 e. The van der Waals surface area contributed by atoms with Crippen LogP contribution in [0, 0.1) is 6.07 Å². The number of fused-ring (bicyclic) bond motifs is 4. The molecule has 0 unspecified atom stereocenters. The maximum Gasteiger partial charge on any atom is 0.148 e. The maximum atomic E-state index is 11.9. The number of para-hydroxylation sites is 2. The van der Waals surface area contributed by atoms with Gasteiger partial charge in [0.25, 0.3) is 0 Å². The summed E-state index contributed by atoms with van der Waals surface area (Å²) in [6.45, 7) is 6.72. The molecule has 10 rings (SSSR count). The molecule has 0 atom stereocenters. The SMILES string of the molecule is CC(C)(C)c1ccc(-n2c(-c3cc4c(cc3O)oc3ccccc34)nc3c(-c4[c-]c(-c5ccccn5)cc(-c5ccccc5)c4)cccc32)c(-c2ccccc2)c1.[Pt]. The monoisotopic (exact) mass is 931 g/mol. The second kappa shape index (κ2) is 14.8. The fourth-order valence-electron chi connectivity index (χ4n) is 7.90. The minimum Gasteiger partial charge on any atom is -0.507 e. The number of hydrogen-bond donors (Lipinski definition) is 1. The summed E-state index contributed by atoms with van der Waals surface area (Å²) in [6.07, 6.45) is 1.81. The van der Waals surface area contributed by atoms with E-state index in [4.69, 9.17) is 14.4 Å². The number of furan rings is 1. The molecule has 0 aliphatic heterocycles. The van der Waals surface area contributed by atoms with E-state index in [2.05, 4.69) is 135 Å². The number of aromatic hydroxyl groups is 1. The normalized spacial score (nSPS) is 11.6. The van der Waals surface area contributed by atoms with Crippen LogP contribution >= 0.6 is 0 Å². The molecular weight excluding hydrogens is 894 g/mol. The molecule has 0 saturated heterocycles. The minimum absolute atomic E-state index is 0. The summed E-state index contributed by atoms with van der Waals surface area (Å²) < 4.78 is 8.40. The number of nitrogens with zero attached hydrogens (tertiary/aromatic N) is 3. The Bertz CT molecular complexity index is 3050. The van der Waals surface area contributed by atoms with Gasteiger partial charge in [-0.15, -0.1) is 23.8 Å². The van der Waals surface area contributed by atoms with Crippen LogP contribution in [-0.4, -0.2) is 19.6 Å². The number of hydrogen-bond acceptors (Lipinski definition) is 4. The molecule has 0 radical (unpaired) electrons. The van der Waals surface area contributed by atoms with E-state index >= 15 is 0 Å². The van der Waals surface area contributed by atoms with E-state index in [1.165, 1.54) is 5.56 Å². The molecule has 284 valence electrons. The van der Waals surface area contributed by atoms with E-state index in [0.717, 1.165) is 77.7 Å². The van der Waals surface area contributed by atoms with Gasteiger partial charge in [-0.2, -0.15) is 0 Å². The van der Waals surface area contributed by atoms with Crippen molar-refractivity contribution in [1.82, 2.24) is 14.5 Å². The summed E-state index contributed by atoms with van der Waals surface area (Å²) >= 11 is 0. The number of imidazole rings is 1. The number of rotatable bonds is 6. The molecule has 3 aromatic heterocycles. The van der Waals surface area contributed by atoms with Crippen LogP contribution in [0.1, 0.15) is 26.3 Å². The second-order valence-corrected chi connectivity index (χ2v) is 15.5. The second-order valence-electron chi connectivity index (χ2n) is 15.5. The summed E-state index contributed by atoms with van der Waals surface area (Å²) in [4.78, 5) is 10.2. The van der Waals surface area contributed by atoms with Gasteiger partial charge in [0.1, 0.15) is 22.7 Å². The van der Waals surface area contributed by atoms with Gasteiger partial charge >= 0.3 is 0 Å². The van der Waals surface area contributed by atoms with Gasteiger partial charge in [-0.3, -0.25) is 9.55 Å². The zero-order valence-electron chi connectivity index (χ0n) is 32.2. The molecule has 7 aromatic carbocycles. The third kappa shape index (κ3) is 6.52. The average Bonchev–Trinajstić information content (AvgIpc) is 3.81. The van der Waals surface area contributed by atoms with Gasteiger partial charge < -0.3 is 9.52 Å². The van der Waals surface area contributed by atoms with Crippen LogP contribution in [0.4, 0.5) is 0 Å². The molecule has 0 spiro atoms. The fourth-order valence-corrected chi connectivity index (χ4v) is 7.90. The molecule has 0 saturated carbocycles. The predicted octanol–water partition coefficient (Wildman–Crippen LogP) is 13.5. The Hall–Kier alpha value is -6.55. The first-order valence-electron chi connectivity index (χ1n) is 19.2. The van der Waals surface area contributed by atoms with Crippen LogP contribution in [0.15, 0.2) is 174 Å². The van der Waals surface area contributed by atoms with Crippen molar-refractivity contribution in [2.45, 2.75) is 26.2 Å². The van der Waals surface area contributed by atoms with Gasteiger partial charge in [-0.05, 0) is 58.5 Å². The minimum atomic E-state index is -0.0777. The quantitative estimate of drug-likeness (QED) is 0.169. The van der Waals surface area contributed by atoms with E-state index in [1.807, 2.05) is 60.8 Å². The summed E-state index contributed by atoms with van der Waals surface area (Å²) in [7, 11) is 0. The molecule has 3 heterocycles. The Morgan fingerprint density at radius 2 is 1.31 bits per heavy atom. The number of benzene rings is 7. The van der Waals surface area contributed by atoms with Crippen molar-refractivity contribution < 1.29 is 30.6 Å². The third-order valence-electron chi connectivity index (χ3n) is 10.8. The van der Waals surface area contributed by atoms with Gasteiger partial charge in [0.05, 0.1) is 22.3 Å². The van der Waals surface area contributed by atoms with Crippen molar-refractivity contribution in [2.75, 3.05) is 0 Å². The summed E-state index contributed by atoms with van der Waals surface area (Å²) in [5.74, 6) is 0.703. The van der Waals surface area contributed by atoms with Gasteiger partial charge in [-0.1, -0.05) is 147 Å². The van der Waals surface area contributed by atoms with E-state index in [0.29, 0.717) is 17.0 Å². The molecule has 0 aliphatic rings. The molecular formula is C52H38N3O2Pt-. The average molecular weight is 932 g/mol. The van der Waals surface area contributed by atoms with E-state index < -0.39 is 0 Å². The molecule has 0 aliphatic carbocycles. The zero-order chi connectivity index (χ0) is 38.7. The van der Waals surface area contributed by atoms with E-state index in [9.17, 15) is 5.11 Å². The molecule has 58 heavy (non-hydrogen) atoms. The molecule has 0 fully saturated rings. The first-order valence-corrected chi connectivity index (χ1v) is 19.2. The van der Waals surface area contributed by atoms with Gasteiger partial charge in [0.15, 0.2) is 0 Å². The maximum absolute atomic E-state index is 11.9. The Kier molecular flexibility index (Phi) is 9.42. The predicted molar refractivity (Wildman–Crippen MR) is 233 cm³/mol. The molecule has 10 aromatic rings. The van der Waals surface area contributed by atoms with E-state index in [-0.39, 0.29) is 32.2 Å². The molecule has 1 N–H and O–H groups in total. The smallest absolute Gasteiger partial charge is 0.148 e. The van der Waals surface area contributed by atoms with E-state index in [1.54, 1.807) is 6.07 Å². The van der Waals surface area contributed by atoms with Crippen LogP contribution in [0.2, 0.25) is 0 Å². The Morgan fingerprint density at radius 1 is 0.586 bits per heavy atom. The number of aromatic nitrogens is 3. The van der Waals surface area contributed by atoms with Crippen molar-refractivity contribution >= 4 is 33.0 Å². The molecule has 0 bridgehead atoms. The first kappa shape index (κ1) is 37.0. The standard InChI is InChI=1S/C52H38N3O2.Pt/c1-52(2,3)38-24-25-45(41(30-38)34-17-8-5-9-18-34)55-46-22-14-20-39(36-27-35(33-15-6-4-7-16-33)28-37(29-36)44-21-12-13-26-53-44)50(46)54-51(55)43-31-42-40-19-10-11-23-48(40)57-49(42)32-47(43)56;/h4-28,30-32,56H,1-3H3;/q-1;. The van der Waals surface area contributed by atoms with Crippen molar-refractivity contribution in [3.05, 3.63) is 182 Å². The molecule has 0 amide bonds. The van der Waals surface area contributed by atoms with Gasteiger partial charge in [0, 0.05) is 55.4 Å². The molecule has 6 heteroatoms.